The van der Waals surface area contributed by atoms with Gasteiger partial charge in [0.15, 0.2) is 5.16 Å². The second-order valence-electron chi connectivity index (χ2n) is 7.75. The van der Waals surface area contributed by atoms with Crippen LogP contribution in [0.3, 0.4) is 0 Å². The van der Waals surface area contributed by atoms with Gasteiger partial charge in [-0.1, -0.05) is 37.7 Å². The molecular formula is C21H22F5N3O2S. The van der Waals surface area contributed by atoms with Gasteiger partial charge in [0.2, 0.25) is 5.54 Å². The number of rotatable bonds is 7. The minimum Gasteiger partial charge on any atom is -0.467 e. The number of H-pyrrole nitrogens is 1. The molecule has 32 heavy (non-hydrogen) atoms. The van der Waals surface area contributed by atoms with Gasteiger partial charge in [0.25, 0.3) is 6.43 Å². The molecule has 2 N–H and O–H groups in total. The molecule has 0 saturated carbocycles. The first-order chi connectivity index (χ1) is 15.0. The van der Waals surface area contributed by atoms with E-state index in [1.807, 2.05) is 0 Å². The first kappa shape index (κ1) is 24.1. The Kier molecular flexibility index (Phi) is 6.87. The highest BCUT2D eigenvalue weighted by Crippen LogP contribution is 2.41. The van der Waals surface area contributed by atoms with Crippen LogP contribution in [0.5, 0.6) is 0 Å². The third-order valence-electron chi connectivity index (χ3n) is 4.92. The number of alkyl halides is 5. The Morgan fingerprint density at radius 2 is 1.94 bits per heavy atom. The van der Waals surface area contributed by atoms with Gasteiger partial charge in [0, 0.05) is 5.75 Å². The molecular weight excluding hydrogens is 453 g/mol. The van der Waals surface area contributed by atoms with Gasteiger partial charge < -0.3 is 15.0 Å². The van der Waals surface area contributed by atoms with Crippen LogP contribution in [-0.2, 0) is 9.53 Å². The number of benzene rings is 1. The van der Waals surface area contributed by atoms with Gasteiger partial charge in [-0.05, 0) is 41.7 Å². The lowest BCUT2D eigenvalue weighted by Crippen LogP contribution is -2.60. The van der Waals surface area contributed by atoms with Crippen LogP contribution in [0.15, 0.2) is 52.3 Å². The number of esters is 1. The van der Waals surface area contributed by atoms with Gasteiger partial charge >= 0.3 is 12.1 Å². The highest BCUT2D eigenvalue weighted by molar-refractivity contribution is 7.99. The number of hydrogen-bond donors (Lipinski definition) is 2. The number of dihydropyridines is 1. The van der Waals surface area contributed by atoms with Gasteiger partial charge in [0.05, 0.1) is 18.1 Å². The Morgan fingerprint density at radius 1 is 1.25 bits per heavy atom. The van der Waals surface area contributed by atoms with Crippen LogP contribution in [0.1, 0.15) is 20.3 Å². The fourth-order valence-corrected chi connectivity index (χ4v) is 4.45. The largest absolute Gasteiger partial charge is 0.467 e. The van der Waals surface area contributed by atoms with Crippen molar-refractivity contribution in [2.45, 2.75) is 43.6 Å². The Morgan fingerprint density at radius 3 is 2.50 bits per heavy atom. The first-order valence-corrected chi connectivity index (χ1v) is 10.7. The number of fused-ring (bicyclic) bond motifs is 1. The fourth-order valence-electron chi connectivity index (χ4n) is 3.49. The molecule has 11 heteroatoms. The molecule has 174 valence electrons. The summed E-state index contributed by atoms with van der Waals surface area (Å²) in [6, 6.07) is 7.13. The van der Waals surface area contributed by atoms with Crippen LogP contribution >= 0.6 is 11.8 Å². The topological polar surface area (TPSA) is 67.0 Å². The number of aromatic amines is 1. The van der Waals surface area contributed by atoms with Crippen molar-refractivity contribution >= 4 is 28.8 Å². The lowest BCUT2D eigenvalue weighted by molar-refractivity contribution is -0.154. The van der Waals surface area contributed by atoms with Crippen LogP contribution in [0.2, 0.25) is 0 Å². The molecule has 0 bridgehead atoms. The molecule has 1 aliphatic rings. The smallest absolute Gasteiger partial charge is 0.431 e. The molecule has 5 nitrogen and oxygen atoms in total. The molecule has 0 fully saturated rings. The number of ether oxygens (including phenoxy) is 1. The third-order valence-corrected chi connectivity index (χ3v) is 5.82. The maximum atomic E-state index is 14.0. The number of carbonyl (C=O) groups is 1. The second-order valence-corrected chi connectivity index (χ2v) is 8.72. The molecule has 2 aromatic rings. The molecule has 0 radical (unpaired) electrons. The molecule has 2 heterocycles. The van der Waals surface area contributed by atoms with E-state index in [0.717, 1.165) is 30.5 Å². The minimum absolute atomic E-state index is 0.0281. The number of hydrogen-bond acceptors (Lipinski definition) is 5. The molecule has 1 aliphatic heterocycles. The number of aromatic nitrogens is 2. The average molecular weight is 475 g/mol. The molecule has 0 saturated heterocycles. The number of allylic oxidation sites excluding steroid dienone is 2. The predicted octanol–water partition coefficient (Wildman–Crippen LogP) is 5.22. The van der Waals surface area contributed by atoms with E-state index in [9.17, 15) is 26.7 Å². The summed E-state index contributed by atoms with van der Waals surface area (Å²) in [7, 11) is 0.855. The molecule has 1 unspecified atom stereocenters. The van der Waals surface area contributed by atoms with Crippen molar-refractivity contribution in [1.82, 2.24) is 15.3 Å². The molecule has 0 amide bonds. The number of para-hydroxylation sites is 2. The average Bonchev–Trinajstić information content (AvgIpc) is 3.13. The van der Waals surface area contributed by atoms with E-state index in [4.69, 9.17) is 0 Å². The molecule has 1 aromatic carbocycles. The number of nitrogens with zero attached hydrogens (tertiary/aromatic N) is 1. The Bertz CT molecular complexity index is 1030. The Hall–Kier alpha value is -2.56. The highest BCUT2D eigenvalue weighted by atomic mass is 32.2. The number of nitrogens with one attached hydrogen (secondary N) is 2. The van der Waals surface area contributed by atoms with Gasteiger partial charge in [-0.3, -0.25) is 0 Å². The zero-order valence-electron chi connectivity index (χ0n) is 17.5. The van der Waals surface area contributed by atoms with E-state index in [1.165, 1.54) is 0 Å². The monoisotopic (exact) mass is 475 g/mol. The number of halogens is 5. The van der Waals surface area contributed by atoms with Crippen molar-refractivity contribution in [2.24, 2.45) is 5.92 Å². The summed E-state index contributed by atoms with van der Waals surface area (Å²) >= 11 is 1.02. The standard InChI is InChI=1S/C21H22F5N3O2S/c1-11(2)8-12-9-20(17(22)23,18(30)31-3)29-16(21(24,25)26)13(12)10-32-19-27-14-6-4-5-7-15(14)28-19/h4-7,9,11,17,29H,8,10H2,1-3H3,(H,27,28). The van der Waals surface area contributed by atoms with Gasteiger partial charge in [-0.2, -0.15) is 13.2 Å². The number of methoxy groups -OCH3 is 1. The molecule has 3 rings (SSSR count). The SMILES string of the molecule is COC(=O)C1(C(F)F)C=C(CC(C)C)C(CSc2nc3ccccc3[nH]2)=C(C(F)(F)F)N1. The van der Waals surface area contributed by atoms with Crippen LogP contribution in [0.4, 0.5) is 22.0 Å². The second kappa shape index (κ2) is 9.13. The van der Waals surface area contributed by atoms with E-state index in [0.29, 0.717) is 10.7 Å². The summed E-state index contributed by atoms with van der Waals surface area (Å²) in [5.74, 6) is -1.83. The van der Waals surface area contributed by atoms with E-state index < -0.39 is 29.8 Å². The van der Waals surface area contributed by atoms with Crippen molar-refractivity contribution in [3.05, 3.63) is 47.2 Å². The number of imidazole rings is 1. The predicted molar refractivity (Wildman–Crippen MR) is 111 cm³/mol. The quantitative estimate of drug-likeness (QED) is 0.326. The fraction of sp³-hybridized carbons (Fsp3) is 0.429. The summed E-state index contributed by atoms with van der Waals surface area (Å²) in [5.41, 5.74) is -3.08. The Balaban J connectivity index is 2.05. The van der Waals surface area contributed by atoms with E-state index >= 15 is 0 Å². The molecule has 1 atom stereocenters. The van der Waals surface area contributed by atoms with Crippen LogP contribution in [0, 0.1) is 5.92 Å². The summed E-state index contributed by atoms with van der Waals surface area (Å²) < 4.78 is 74.3. The van der Waals surface area contributed by atoms with Crippen LogP contribution in [0.25, 0.3) is 11.0 Å². The zero-order chi connectivity index (χ0) is 23.7. The van der Waals surface area contributed by atoms with E-state index in [2.05, 4.69) is 14.7 Å². The summed E-state index contributed by atoms with van der Waals surface area (Å²) in [6.45, 7) is 3.50. The number of carbonyl (C=O) groups excluding carboxylic acids is 1. The van der Waals surface area contributed by atoms with Crippen molar-refractivity contribution in [3.63, 3.8) is 0 Å². The van der Waals surface area contributed by atoms with Crippen LogP contribution < -0.4 is 5.32 Å². The summed E-state index contributed by atoms with van der Waals surface area (Å²) in [5, 5.41) is 2.17. The van der Waals surface area contributed by atoms with Gasteiger partial charge in [-0.15, -0.1) is 0 Å². The van der Waals surface area contributed by atoms with Crippen molar-refractivity contribution in [3.8, 4) is 0 Å². The third kappa shape index (κ3) is 4.77. The summed E-state index contributed by atoms with van der Waals surface area (Å²) in [4.78, 5) is 19.6. The van der Waals surface area contributed by atoms with Crippen molar-refractivity contribution in [2.75, 3.05) is 12.9 Å². The first-order valence-electron chi connectivity index (χ1n) is 9.72. The van der Waals surface area contributed by atoms with Crippen LogP contribution in [-0.4, -0.2) is 46.9 Å². The lowest BCUT2D eigenvalue weighted by Gasteiger charge is -2.37. The van der Waals surface area contributed by atoms with Crippen molar-refractivity contribution < 1.29 is 31.5 Å². The zero-order valence-corrected chi connectivity index (χ0v) is 18.3. The van der Waals surface area contributed by atoms with Crippen molar-refractivity contribution in [1.29, 1.82) is 0 Å². The van der Waals surface area contributed by atoms with Gasteiger partial charge in [0.1, 0.15) is 5.70 Å². The maximum absolute atomic E-state index is 14.0. The molecule has 1 aromatic heterocycles. The maximum Gasteiger partial charge on any atom is 0.431 e. The molecule has 0 spiro atoms. The molecule has 0 aliphatic carbocycles. The van der Waals surface area contributed by atoms with E-state index in [-0.39, 0.29) is 29.2 Å². The minimum atomic E-state index is -4.99. The Labute approximate surface area is 185 Å². The van der Waals surface area contributed by atoms with E-state index in [1.54, 1.807) is 43.4 Å². The summed E-state index contributed by atoms with van der Waals surface area (Å²) in [6.07, 6.45) is -7.50. The normalized spacial score (nSPS) is 19.5. The number of thioether (sulfide) groups is 1. The van der Waals surface area contributed by atoms with Gasteiger partial charge in [-0.25, -0.2) is 18.6 Å². The highest BCUT2D eigenvalue weighted by Gasteiger charge is 2.54. The lowest BCUT2D eigenvalue weighted by atomic mass is 9.84.